The topological polar surface area (TPSA) is 98.6 Å². The van der Waals surface area contributed by atoms with Gasteiger partial charge in [-0.15, -0.1) is 23.4 Å². The van der Waals surface area contributed by atoms with Gasteiger partial charge in [0.15, 0.2) is 11.5 Å². The first-order chi connectivity index (χ1) is 15.1. The molecule has 0 radical (unpaired) electrons. The SMILES string of the molecule is CC(C)(O)c1cccn2c(C3(c4nc(-c5ccc(OC(F)(F)F)cc5)no4)CC3)nnc12. The Balaban J connectivity index is 1.47. The summed E-state index contributed by atoms with van der Waals surface area (Å²) in [5.74, 6) is 0.894. The maximum atomic E-state index is 12.4. The van der Waals surface area contributed by atoms with Crippen LogP contribution in [0.5, 0.6) is 5.75 Å². The van der Waals surface area contributed by atoms with Crippen LogP contribution in [0.15, 0.2) is 47.1 Å². The van der Waals surface area contributed by atoms with Crippen molar-refractivity contribution in [3.63, 3.8) is 0 Å². The number of fused-ring (bicyclic) bond motifs is 1. The molecule has 0 saturated heterocycles. The Bertz CT molecular complexity index is 1280. The minimum Gasteiger partial charge on any atom is -0.406 e. The van der Waals surface area contributed by atoms with E-state index in [0.29, 0.717) is 28.5 Å². The molecule has 3 aromatic heterocycles. The molecule has 5 rings (SSSR count). The molecule has 0 bridgehead atoms. The highest BCUT2D eigenvalue weighted by molar-refractivity contribution is 5.56. The van der Waals surface area contributed by atoms with Gasteiger partial charge in [-0.25, -0.2) is 0 Å². The zero-order chi connectivity index (χ0) is 22.7. The van der Waals surface area contributed by atoms with Gasteiger partial charge in [0.2, 0.25) is 11.7 Å². The zero-order valence-electron chi connectivity index (χ0n) is 17.1. The van der Waals surface area contributed by atoms with E-state index in [4.69, 9.17) is 4.52 Å². The van der Waals surface area contributed by atoms with Crippen molar-refractivity contribution in [1.82, 2.24) is 24.7 Å². The first-order valence-electron chi connectivity index (χ1n) is 9.84. The number of ether oxygens (including phenoxy) is 1. The van der Waals surface area contributed by atoms with Gasteiger partial charge in [0.05, 0.1) is 5.60 Å². The van der Waals surface area contributed by atoms with E-state index >= 15 is 0 Å². The lowest BCUT2D eigenvalue weighted by Gasteiger charge is -2.18. The molecular weight excluding hydrogens is 427 g/mol. The van der Waals surface area contributed by atoms with Crippen LogP contribution in [-0.4, -0.2) is 36.2 Å². The number of benzene rings is 1. The number of pyridine rings is 1. The monoisotopic (exact) mass is 445 g/mol. The average Bonchev–Trinajstić information content (AvgIpc) is 3.17. The molecule has 11 heteroatoms. The summed E-state index contributed by atoms with van der Waals surface area (Å²) in [5, 5.41) is 23.1. The maximum Gasteiger partial charge on any atom is 0.573 e. The van der Waals surface area contributed by atoms with Crippen molar-refractivity contribution in [3.8, 4) is 17.1 Å². The fraction of sp³-hybridized carbons (Fsp3) is 0.333. The molecule has 32 heavy (non-hydrogen) atoms. The van der Waals surface area contributed by atoms with Crippen molar-refractivity contribution >= 4 is 5.65 Å². The largest absolute Gasteiger partial charge is 0.573 e. The second-order valence-corrected chi connectivity index (χ2v) is 8.28. The number of hydrogen-bond acceptors (Lipinski definition) is 7. The highest BCUT2D eigenvalue weighted by Gasteiger charge is 2.55. The summed E-state index contributed by atoms with van der Waals surface area (Å²) in [4.78, 5) is 4.48. The summed E-state index contributed by atoms with van der Waals surface area (Å²) in [6.45, 7) is 3.36. The van der Waals surface area contributed by atoms with Gasteiger partial charge in [-0.1, -0.05) is 11.2 Å². The molecular formula is C21H18F3N5O3. The van der Waals surface area contributed by atoms with Gasteiger partial charge in [-0.3, -0.25) is 4.40 Å². The quantitative estimate of drug-likeness (QED) is 0.496. The molecule has 1 aromatic carbocycles. The van der Waals surface area contributed by atoms with Crippen LogP contribution in [0, 0.1) is 0 Å². The Morgan fingerprint density at radius 1 is 1.09 bits per heavy atom. The minimum absolute atomic E-state index is 0.246. The van der Waals surface area contributed by atoms with Crippen molar-refractivity contribution < 1.29 is 27.5 Å². The van der Waals surface area contributed by atoms with Gasteiger partial charge in [-0.05, 0) is 57.0 Å². The smallest absolute Gasteiger partial charge is 0.406 e. The molecule has 1 aliphatic rings. The van der Waals surface area contributed by atoms with Crippen LogP contribution in [0.25, 0.3) is 17.0 Å². The lowest BCUT2D eigenvalue weighted by atomic mass is 9.99. The van der Waals surface area contributed by atoms with Crippen LogP contribution in [0.2, 0.25) is 0 Å². The predicted octanol–water partition coefficient (Wildman–Crippen LogP) is 3.99. The predicted molar refractivity (Wildman–Crippen MR) is 105 cm³/mol. The second kappa shape index (κ2) is 6.76. The molecule has 1 N–H and O–H groups in total. The third kappa shape index (κ3) is 3.48. The highest BCUT2D eigenvalue weighted by Crippen LogP contribution is 2.52. The normalized spacial score (nSPS) is 15.8. The minimum atomic E-state index is -4.76. The van der Waals surface area contributed by atoms with Crippen molar-refractivity contribution in [2.75, 3.05) is 0 Å². The number of aliphatic hydroxyl groups is 1. The fourth-order valence-electron chi connectivity index (χ4n) is 3.72. The number of nitrogens with zero attached hydrogens (tertiary/aromatic N) is 5. The lowest BCUT2D eigenvalue weighted by Crippen LogP contribution is -2.18. The lowest BCUT2D eigenvalue weighted by molar-refractivity contribution is -0.274. The Morgan fingerprint density at radius 2 is 1.81 bits per heavy atom. The first-order valence-corrected chi connectivity index (χ1v) is 9.84. The molecule has 1 aliphatic carbocycles. The van der Waals surface area contributed by atoms with Gasteiger partial charge < -0.3 is 14.4 Å². The van der Waals surface area contributed by atoms with Crippen LogP contribution in [0.3, 0.4) is 0 Å². The van der Waals surface area contributed by atoms with Gasteiger partial charge >= 0.3 is 6.36 Å². The number of alkyl halides is 3. The molecule has 4 aromatic rings. The fourth-order valence-corrected chi connectivity index (χ4v) is 3.72. The van der Waals surface area contributed by atoms with Crippen molar-refractivity contribution in [2.24, 2.45) is 0 Å². The molecule has 1 fully saturated rings. The molecule has 0 unspecified atom stereocenters. The molecule has 0 spiro atoms. The van der Waals surface area contributed by atoms with Crippen LogP contribution in [-0.2, 0) is 11.0 Å². The molecule has 1 saturated carbocycles. The Morgan fingerprint density at radius 3 is 2.44 bits per heavy atom. The molecule has 8 nitrogen and oxygen atoms in total. The van der Waals surface area contributed by atoms with E-state index in [1.54, 1.807) is 19.9 Å². The first kappa shape index (κ1) is 20.4. The van der Waals surface area contributed by atoms with E-state index < -0.39 is 17.4 Å². The van der Waals surface area contributed by atoms with Crippen LogP contribution < -0.4 is 4.74 Å². The molecule has 166 valence electrons. The van der Waals surface area contributed by atoms with Gasteiger partial charge in [-0.2, -0.15) is 4.98 Å². The summed E-state index contributed by atoms with van der Waals surface area (Å²) in [6, 6.07) is 8.85. The summed E-state index contributed by atoms with van der Waals surface area (Å²) in [6.07, 6.45) is -1.50. The third-order valence-electron chi connectivity index (χ3n) is 5.45. The van der Waals surface area contributed by atoms with Crippen LogP contribution in [0.4, 0.5) is 13.2 Å². The Kier molecular flexibility index (Phi) is 4.32. The molecule has 0 atom stereocenters. The maximum absolute atomic E-state index is 12.4. The van der Waals surface area contributed by atoms with E-state index in [0.717, 1.165) is 12.8 Å². The number of aromatic nitrogens is 5. The van der Waals surface area contributed by atoms with Gasteiger partial charge in [0.25, 0.3) is 0 Å². The van der Waals surface area contributed by atoms with Gasteiger partial charge in [0.1, 0.15) is 11.2 Å². The van der Waals surface area contributed by atoms with Crippen LogP contribution >= 0.6 is 0 Å². The third-order valence-corrected chi connectivity index (χ3v) is 5.45. The molecule has 3 heterocycles. The van der Waals surface area contributed by atoms with E-state index in [2.05, 4.69) is 25.1 Å². The van der Waals surface area contributed by atoms with Crippen molar-refractivity contribution in [1.29, 1.82) is 0 Å². The molecule has 0 aliphatic heterocycles. The Labute approximate surface area is 179 Å². The van der Waals surface area contributed by atoms with Crippen molar-refractivity contribution in [2.45, 2.75) is 44.1 Å². The highest BCUT2D eigenvalue weighted by atomic mass is 19.4. The number of halogens is 3. The van der Waals surface area contributed by atoms with E-state index in [1.807, 2.05) is 16.7 Å². The zero-order valence-corrected chi connectivity index (χ0v) is 17.1. The summed E-state index contributed by atoms with van der Waals surface area (Å²) < 4.78 is 48.3. The van der Waals surface area contributed by atoms with Crippen molar-refractivity contribution in [3.05, 3.63) is 59.9 Å². The van der Waals surface area contributed by atoms with E-state index in [9.17, 15) is 18.3 Å². The van der Waals surface area contributed by atoms with E-state index in [-0.39, 0.29) is 11.6 Å². The number of rotatable bonds is 5. The second-order valence-electron chi connectivity index (χ2n) is 8.28. The summed E-state index contributed by atoms with van der Waals surface area (Å²) in [5.41, 5.74) is -0.0327. The van der Waals surface area contributed by atoms with E-state index in [1.165, 1.54) is 24.3 Å². The average molecular weight is 445 g/mol. The molecule has 0 amide bonds. The summed E-state index contributed by atoms with van der Waals surface area (Å²) in [7, 11) is 0. The number of hydrogen-bond donors (Lipinski definition) is 1. The van der Waals surface area contributed by atoms with Gasteiger partial charge in [0, 0.05) is 17.3 Å². The standard InChI is InChI=1S/C21H18F3N5O3/c1-19(2,30)14-4-3-11-29-16(14)26-27-17(29)20(9-10-20)18-25-15(28-32-18)12-5-7-13(8-6-12)31-21(22,23)24/h3-8,11,30H,9-10H2,1-2H3. The summed E-state index contributed by atoms with van der Waals surface area (Å²) >= 11 is 0. The van der Waals surface area contributed by atoms with Crippen LogP contribution in [0.1, 0.15) is 44.0 Å². The Hall–Kier alpha value is -3.47.